The molecule has 0 fully saturated rings. The van der Waals surface area contributed by atoms with Crippen molar-refractivity contribution in [3.8, 4) is 5.75 Å². The third-order valence-corrected chi connectivity index (χ3v) is 4.45. The highest BCUT2D eigenvalue weighted by atomic mass is 35.5. The Morgan fingerprint density at radius 1 is 1.11 bits per heavy atom. The zero-order chi connectivity index (χ0) is 20.7. The van der Waals surface area contributed by atoms with E-state index >= 15 is 0 Å². The van der Waals surface area contributed by atoms with Crippen LogP contribution in [0.25, 0.3) is 0 Å². The number of carbonyl (C=O) groups excluding carboxylic acids is 1. The average Bonchev–Trinajstić information content (AvgIpc) is 2.65. The molecule has 0 aliphatic rings. The highest BCUT2D eigenvalue weighted by Gasteiger charge is 2.31. The summed E-state index contributed by atoms with van der Waals surface area (Å²) in [6.07, 6.45) is -4.49. The topological polar surface area (TPSA) is 41.6 Å². The molecule has 0 saturated carbocycles. The van der Waals surface area contributed by atoms with Crippen molar-refractivity contribution < 1.29 is 22.7 Å². The first kappa shape index (κ1) is 22.0. The lowest BCUT2D eigenvalue weighted by Crippen LogP contribution is -2.22. The molecule has 2 aromatic carbocycles. The number of hydrogen-bond donors (Lipinski definition) is 1. The van der Waals surface area contributed by atoms with E-state index in [0.717, 1.165) is 43.4 Å². The van der Waals surface area contributed by atoms with Crippen LogP contribution >= 0.6 is 11.6 Å². The van der Waals surface area contributed by atoms with E-state index in [4.69, 9.17) is 16.3 Å². The van der Waals surface area contributed by atoms with E-state index in [1.807, 2.05) is 12.1 Å². The predicted octanol–water partition coefficient (Wildman–Crippen LogP) is 5.22. The van der Waals surface area contributed by atoms with Crippen LogP contribution in [0.3, 0.4) is 0 Å². The molecule has 0 atom stereocenters. The molecule has 2 aromatic rings. The maximum atomic E-state index is 12.6. The highest BCUT2D eigenvalue weighted by Crippen LogP contribution is 2.34. The minimum Gasteiger partial charge on any atom is -0.482 e. The highest BCUT2D eigenvalue weighted by molar-refractivity contribution is 6.32. The van der Waals surface area contributed by atoms with Crippen molar-refractivity contribution in [1.82, 2.24) is 4.90 Å². The van der Waals surface area contributed by atoms with Crippen LogP contribution in [0, 0.1) is 0 Å². The van der Waals surface area contributed by atoms with Gasteiger partial charge in [0.15, 0.2) is 6.61 Å². The van der Waals surface area contributed by atoms with Crippen LogP contribution in [0.15, 0.2) is 42.5 Å². The van der Waals surface area contributed by atoms with Crippen LogP contribution in [0.1, 0.15) is 25.0 Å². The van der Waals surface area contributed by atoms with Crippen molar-refractivity contribution in [3.05, 3.63) is 58.6 Å². The van der Waals surface area contributed by atoms with E-state index < -0.39 is 17.6 Å². The fraction of sp³-hybridized carbons (Fsp3) is 0.350. The molecule has 2 rings (SSSR count). The molecular weight excluding hydrogens is 393 g/mol. The normalized spacial score (nSPS) is 11.5. The SMILES string of the molecule is CCN(CC)Cc1ccc(NC(=O)COc2ccc(C(F)(F)F)cc2Cl)cc1. The molecule has 28 heavy (non-hydrogen) atoms. The second kappa shape index (κ2) is 9.80. The molecule has 0 aliphatic heterocycles. The number of nitrogens with zero attached hydrogens (tertiary/aromatic N) is 1. The molecule has 152 valence electrons. The van der Waals surface area contributed by atoms with Crippen molar-refractivity contribution in [2.45, 2.75) is 26.6 Å². The predicted molar refractivity (Wildman–Crippen MR) is 104 cm³/mol. The number of alkyl halides is 3. The summed E-state index contributed by atoms with van der Waals surface area (Å²) in [6, 6.07) is 10.2. The zero-order valence-corrected chi connectivity index (χ0v) is 16.4. The molecule has 0 aliphatic carbocycles. The summed E-state index contributed by atoms with van der Waals surface area (Å²) in [7, 11) is 0. The summed E-state index contributed by atoms with van der Waals surface area (Å²) in [5.74, 6) is -0.424. The van der Waals surface area contributed by atoms with Crippen molar-refractivity contribution in [2.75, 3.05) is 25.0 Å². The number of hydrogen-bond acceptors (Lipinski definition) is 3. The number of carbonyl (C=O) groups is 1. The van der Waals surface area contributed by atoms with E-state index in [0.29, 0.717) is 5.69 Å². The number of anilines is 1. The monoisotopic (exact) mass is 414 g/mol. The van der Waals surface area contributed by atoms with E-state index in [-0.39, 0.29) is 17.4 Å². The van der Waals surface area contributed by atoms with Gasteiger partial charge in [-0.2, -0.15) is 13.2 Å². The lowest BCUT2D eigenvalue weighted by molar-refractivity contribution is -0.137. The van der Waals surface area contributed by atoms with Crippen LogP contribution in [0.5, 0.6) is 5.75 Å². The number of ether oxygens (including phenoxy) is 1. The molecule has 1 N–H and O–H groups in total. The summed E-state index contributed by atoms with van der Waals surface area (Å²) < 4.78 is 43.1. The third-order valence-electron chi connectivity index (χ3n) is 4.16. The smallest absolute Gasteiger partial charge is 0.416 e. The minimum atomic E-state index is -4.49. The molecule has 0 bridgehead atoms. The Balaban J connectivity index is 1.89. The second-order valence-corrected chi connectivity index (χ2v) is 6.55. The van der Waals surface area contributed by atoms with Crippen LogP contribution in [-0.4, -0.2) is 30.5 Å². The second-order valence-electron chi connectivity index (χ2n) is 6.14. The van der Waals surface area contributed by atoms with Gasteiger partial charge < -0.3 is 10.1 Å². The van der Waals surface area contributed by atoms with E-state index in [1.54, 1.807) is 12.1 Å². The fourth-order valence-corrected chi connectivity index (χ4v) is 2.77. The van der Waals surface area contributed by atoms with Crippen LogP contribution in [0.4, 0.5) is 18.9 Å². The van der Waals surface area contributed by atoms with Gasteiger partial charge in [-0.3, -0.25) is 9.69 Å². The molecule has 0 saturated heterocycles. The molecule has 8 heteroatoms. The summed E-state index contributed by atoms with van der Waals surface area (Å²) in [6.45, 7) is 6.57. The Hall–Kier alpha value is -2.25. The first-order valence-electron chi connectivity index (χ1n) is 8.83. The Labute approximate surface area is 167 Å². The molecule has 0 unspecified atom stereocenters. The van der Waals surface area contributed by atoms with Crippen LogP contribution in [0.2, 0.25) is 5.02 Å². The van der Waals surface area contributed by atoms with Gasteiger partial charge in [-0.25, -0.2) is 0 Å². The number of amides is 1. The van der Waals surface area contributed by atoms with Gasteiger partial charge in [-0.05, 0) is 49.0 Å². The van der Waals surface area contributed by atoms with Crippen molar-refractivity contribution in [2.24, 2.45) is 0 Å². The first-order chi connectivity index (χ1) is 13.2. The summed E-state index contributed by atoms with van der Waals surface area (Å²) >= 11 is 5.80. The Kier molecular flexibility index (Phi) is 7.71. The number of halogens is 4. The van der Waals surface area contributed by atoms with Crippen molar-refractivity contribution in [3.63, 3.8) is 0 Å². The summed E-state index contributed by atoms with van der Waals surface area (Å²) in [5, 5.41) is 2.47. The standard InChI is InChI=1S/C20H22ClF3N2O2/c1-3-26(4-2)12-14-5-8-16(9-6-14)25-19(27)13-28-18-10-7-15(11-17(18)21)20(22,23)24/h5-11H,3-4,12-13H2,1-2H3,(H,25,27). The van der Waals surface area contributed by atoms with Gasteiger partial charge in [0.25, 0.3) is 5.91 Å². The largest absolute Gasteiger partial charge is 0.482 e. The van der Waals surface area contributed by atoms with E-state index in [1.165, 1.54) is 0 Å². The maximum Gasteiger partial charge on any atom is 0.416 e. The molecule has 0 spiro atoms. The van der Waals surface area contributed by atoms with Gasteiger partial charge in [0.1, 0.15) is 5.75 Å². The Bertz CT molecular complexity index is 791. The number of rotatable bonds is 8. The van der Waals surface area contributed by atoms with Crippen LogP contribution in [-0.2, 0) is 17.5 Å². The van der Waals surface area contributed by atoms with E-state index in [2.05, 4.69) is 24.1 Å². The molecule has 0 aromatic heterocycles. The molecule has 4 nitrogen and oxygen atoms in total. The Morgan fingerprint density at radius 3 is 2.29 bits per heavy atom. The average molecular weight is 415 g/mol. The number of benzene rings is 2. The van der Waals surface area contributed by atoms with Gasteiger partial charge in [-0.1, -0.05) is 37.6 Å². The van der Waals surface area contributed by atoms with E-state index in [9.17, 15) is 18.0 Å². The Morgan fingerprint density at radius 2 is 1.75 bits per heavy atom. The summed E-state index contributed by atoms with van der Waals surface area (Å²) in [4.78, 5) is 14.3. The minimum absolute atomic E-state index is 0.0133. The van der Waals surface area contributed by atoms with Gasteiger partial charge in [0.05, 0.1) is 10.6 Å². The lowest BCUT2D eigenvalue weighted by atomic mass is 10.2. The number of nitrogens with one attached hydrogen (secondary N) is 1. The van der Waals surface area contributed by atoms with Crippen molar-refractivity contribution in [1.29, 1.82) is 0 Å². The van der Waals surface area contributed by atoms with Gasteiger partial charge in [0.2, 0.25) is 0 Å². The van der Waals surface area contributed by atoms with Gasteiger partial charge in [0, 0.05) is 12.2 Å². The summed E-state index contributed by atoms with van der Waals surface area (Å²) in [5.41, 5.74) is 0.865. The quantitative estimate of drug-likeness (QED) is 0.644. The molecule has 0 radical (unpaired) electrons. The molecule has 0 heterocycles. The third kappa shape index (κ3) is 6.42. The van der Waals surface area contributed by atoms with Gasteiger partial charge in [-0.15, -0.1) is 0 Å². The molecular formula is C20H22ClF3N2O2. The maximum absolute atomic E-state index is 12.6. The van der Waals surface area contributed by atoms with Gasteiger partial charge >= 0.3 is 6.18 Å². The van der Waals surface area contributed by atoms with Crippen molar-refractivity contribution >= 4 is 23.2 Å². The first-order valence-corrected chi connectivity index (χ1v) is 9.21. The lowest BCUT2D eigenvalue weighted by Gasteiger charge is -2.18. The fourth-order valence-electron chi connectivity index (χ4n) is 2.53. The molecule has 1 amide bonds. The van der Waals surface area contributed by atoms with Crippen LogP contribution < -0.4 is 10.1 Å². The zero-order valence-electron chi connectivity index (χ0n) is 15.6.